The van der Waals surface area contributed by atoms with E-state index >= 15 is 0 Å². The molecular formula is C11H15BrO3S. The van der Waals surface area contributed by atoms with Crippen LogP contribution in [0.25, 0.3) is 0 Å². The van der Waals surface area contributed by atoms with Crippen LogP contribution >= 0.6 is 27.3 Å². The molecule has 3 nitrogen and oxygen atoms in total. The van der Waals surface area contributed by atoms with Gasteiger partial charge >= 0.3 is 5.97 Å². The summed E-state index contributed by atoms with van der Waals surface area (Å²) < 4.78 is 6.07. The lowest BCUT2D eigenvalue weighted by Gasteiger charge is -2.04. The summed E-state index contributed by atoms with van der Waals surface area (Å²) in [6.07, 6.45) is 4.59. The van der Waals surface area contributed by atoms with Crippen LogP contribution < -0.4 is 4.74 Å². The number of halogens is 1. The van der Waals surface area contributed by atoms with Crippen LogP contribution in [0.1, 0.15) is 42.3 Å². The second-order valence-corrected chi connectivity index (χ2v) is 5.13. The standard InChI is InChI=1S/C11H15BrO3S/c1-2-3-4-5-6-15-8-7-16-10(9(8)12)11(13)14/h7H,2-6H2,1H3,(H,13,14). The van der Waals surface area contributed by atoms with Crippen molar-refractivity contribution in [2.24, 2.45) is 0 Å². The lowest BCUT2D eigenvalue weighted by molar-refractivity contribution is 0.0701. The third kappa shape index (κ3) is 3.79. The molecule has 1 aromatic rings. The molecule has 0 aliphatic rings. The summed E-state index contributed by atoms with van der Waals surface area (Å²) in [7, 11) is 0. The molecule has 0 saturated heterocycles. The minimum atomic E-state index is -0.919. The second kappa shape index (κ2) is 6.91. The zero-order valence-electron chi connectivity index (χ0n) is 9.16. The maximum Gasteiger partial charge on any atom is 0.347 e. The summed E-state index contributed by atoms with van der Waals surface area (Å²) in [5.74, 6) is -0.281. The molecule has 0 bridgehead atoms. The number of carboxylic acids is 1. The van der Waals surface area contributed by atoms with Crippen molar-refractivity contribution < 1.29 is 14.6 Å². The van der Waals surface area contributed by atoms with Crippen LogP contribution in [0.5, 0.6) is 5.75 Å². The normalized spacial score (nSPS) is 10.4. The van der Waals surface area contributed by atoms with Crippen molar-refractivity contribution in [1.82, 2.24) is 0 Å². The Morgan fingerprint density at radius 3 is 2.81 bits per heavy atom. The predicted molar refractivity (Wildman–Crippen MR) is 68.6 cm³/mol. The highest BCUT2D eigenvalue weighted by atomic mass is 79.9. The van der Waals surface area contributed by atoms with Gasteiger partial charge < -0.3 is 9.84 Å². The molecule has 0 aliphatic heterocycles. The van der Waals surface area contributed by atoms with E-state index in [2.05, 4.69) is 22.9 Å². The highest BCUT2D eigenvalue weighted by Gasteiger charge is 2.15. The van der Waals surface area contributed by atoms with Crippen LogP contribution in [-0.2, 0) is 0 Å². The topological polar surface area (TPSA) is 46.5 Å². The maximum absolute atomic E-state index is 10.8. The van der Waals surface area contributed by atoms with Gasteiger partial charge in [0.1, 0.15) is 10.6 Å². The van der Waals surface area contributed by atoms with Crippen LogP contribution in [0.3, 0.4) is 0 Å². The van der Waals surface area contributed by atoms with Gasteiger partial charge in [0.15, 0.2) is 0 Å². The summed E-state index contributed by atoms with van der Waals surface area (Å²) in [6.45, 7) is 2.81. The van der Waals surface area contributed by atoms with Gasteiger partial charge in [-0.05, 0) is 22.4 Å². The Labute approximate surface area is 108 Å². The molecule has 5 heteroatoms. The third-order valence-electron chi connectivity index (χ3n) is 2.15. The number of carboxylic acid groups (broad SMARTS) is 1. The molecule has 90 valence electrons. The van der Waals surface area contributed by atoms with Crippen LogP contribution in [0.15, 0.2) is 9.85 Å². The monoisotopic (exact) mass is 306 g/mol. The first-order chi connectivity index (χ1) is 7.66. The van der Waals surface area contributed by atoms with Gasteiger partial charge in [0.05, 0.1) is 11.1 Å². The van der Waals surface area contributed by atoms with E-state index in [1.54, 1.807) is 5.38 Å². The first kappa shape index (κ1) is 13.5. The van der Waals surface area contributed by atoms with Gasteiger partial charge in [-0.25, -0.2) is 4.79 Å². The van der Waals surface area contributed by atoms with Crippen molar-refractivity contribution >= 4 is 33.2 Å². The van der Waals surface area contributed by atoms with Gasteiger partial charge in [0.2, 0.25) is 0 Å². The van der Waals surface area contributed by atoms with Crippen LogP contribution in [-0.4, -0.2) is 17.7 Å². The molecule has 1 aromatic heterocycles. The Bertz CT molecular complexity index is 349. The fourth-order valence-electron chi connectivity index (χ4n) is 1.28. The predicted octanol–water partition coefficient (Wildman–Crippen LogP) is 4.17. The van der Waals surface area contributed by atoms with E-state index in [0.717, 1.165) is 12.8 Å². The van der Waals surface area contributed by atoms with Gasteiger partial charge in [-0.15, -0.1) is 11.3 Å². The lowest BCUT2D eigenvalue weighted by Crippen LogP contribution is -1.98. The van der Waals surface area contributed by atoms with E-state index < -0.39 is 5.97 Å². The van der Waals surface area contributed by atoms with Crippen molar-refractivity contribution in [3.8, 4) is 5.75 Å². The largest absolute Gasteiger partial charge is 0.492 e. The molecule has 0 amide bonds. The molecule has 16 heavy (non-hydrogen) atoms. The van der Waals surface area contributed by atoms with Crippen molar-refractivity contribution in [3.63, 3.8) is 0 Å². The van der Waals surface area contributed by atoms with Gasteiger partial charge in [0.25, 0.3) is 0 Å². The maximum atomic E-state index is 10.8. The Kier molecular flexibility index (Phi) is 5.84. The smallest absolute Gasteiger partial charge is 0.347 e. The molecule has 0 aromatic carbocycles. The summed E-state index contributed by atoms with van der Waals surface area (Å²) in [5.41, 5.74) is 0. The number of rotatable bonds is 7. The number of hydrogen-bond acceptors (Lipinski definition) is 3. The summed E-state index contributed by atoms with van der Waals surface area (Å²) in [6, 6.07) is 0. The summed E-state index contributed by atoms with van der Waals surface area (Å²) in [5, 5.41) is 10.6. The van der Waals surface area contributed by atoms with Crippen LogP contribution in [0.2, 0.25) is 0 Å². The molecule has 1 heterocycles. The summed E-state index contributed by atoms with van der Waals surface area (Å²) in [4.78, 5) is 11.1. The van der Waals surface area contributed by atoms with Gasteiger partial charge in [-0.2, -0.15) is 0 Å². The van der Waals surface area contributed by atoms with E-state index in [4.69, 9.17) is 9.84 Å². The molecule has 0 spiro atoms. The van der Waals surface area contributed by atoms with E-state index in [0.29, 0.717) is 21.7 Å². The van der Waals surface area contributed by atoms with E-state index in [-0.39, 0.29) is 0 Å². The Balaban J connectivity index is 2.40. The quantitative estimate of drug-likeness (QED) is 0.769. The van der Waals surface area contributed by atoms with Crippen molar-refractivity contribution in [2.45, 2.75) is 32.6 Å². The fraction of sp³-hybridized carbons (Fsp3) is 0.545. The highest BCUT2D eigenvalue weighted by molar-refractivity contribution is 9.10. The molecule has 0 radical (unpaired) electrons. The molecule has 1 N–H and O–H groups in total. The number of ether oxygens (including phenoxy) is 1. The van der Waals surface area contributed by atoms with Crippen LogP contribution in [0, 0.1) is 0 Å². The number of aromatic carboxylic acids is 1. The highest BCUT2D eigenvalue weighted by Crippen LogP contribution is 2.34. The average molecular weight is 307 g/mol. The molecule has 0 aliphatic carbocycles. The van der Waals surface area contributed by atoms with Crippen molar-refractivity contribution in [2.75, 3.05) is 6.61 Å². The number of unbranched alkanes of at least 4 members (excludes halogenated alkanes) is 3. The first-order valence-electron chi connectivity index (χ1n) is 5.30. The number of hydrogen-bond donors (Lipinski definition) is 1. The Morgan fingerprint density at radius 1 is 1.50 bits per heavy atom. The zero-order chi connectivity index (χ0) is 12.0. The number of carbonyl (C=O) groups is 1. The Hall–Kier alpha value is -0.550. The van der Waals surface area contributed by atoms with Gasteiger partial charge in [-0.3, -0.25) is 0 Å². The first-order valence-corrected chi connectivity index (χ1v) is 6.97. The fourth-order valence-corrected chi connectivity index (χ4v) is 2.83. The molecule has 0 fully saturated rings. The average Bonchev–Trinajstić information content (AvgIpc) is 2.60. The zero-order valence-corrected chi connectivity index (χ0v) is 11.6. The lowest BCUT2D eigenvalue weighted by atomic mass is 10.2. The molecule has 1 rings (SSSR count). The molecular weight excluding hydrogens is 292 g/mol. The van der Waals surface area contributed by atoms with E-state index in [1.807, 2.05) is 0 Å². The van der Waals surface area contributed by atoms with Crippen molar-refractivity contribution in [1.29, 1.82) is 0 Å². The molecule has 0 atom stereocenters. The van der Waals surface area contributed by atoms with Crippen molar-refractivity contribution in [3.05, 3.63) is 14.7 Å². The SMILES string of the molecule is CCCCCCOc1csc(C(=O)O)c1Br. The van der Waals surface area contributed by atoms with Gasteiger partial charge in [-0.1, -0.05) is 26.2 Å². The minimum Gasteiger partial charge on any atom is -0.492 e. The van der Waals surface area contributed by atoms with Gasteiger partial charge in [0, 0.05) is 5.38 Å². The number of thiophene rings is 1. The van der Waals surface area contributed by atoms with Crippen LogP contribution in [0.4, 0.5) is 0 Å². The molecule has 0 unspecified atom stereocenters. The van der Waals surface area contributed by atoms with E-state index in [9.17, 15) is 4.79 Å². The second-order valence-electron chi connectivity index (χ2n) is 3.46. The van der Waals surface area contributed by atoms with E-state index in [1.165, 1.54) is 24.2 Å². The molecule has 0 saturated carbocycles. The minimum absolute atomic E-state index is 0.295. The third-order valence-corrected chi connectivity index (χ3v) is 4.15. The Morgan fingerprint density at radius 2 is 2.25 bits per heavy atom. The summed E-state index contributed by atoms with van der Waals surface area (Å²) >= 11 is 4.42.